The predicted octanol–water partition coefficient (Wildman–Crippen LogP) is 2.14. The van der Waals surface area contributed by atoms with Crippen LogP contribution in [0.15, 0.2) is 48.8 Å². The van der Waals surface area contributed by atoms with E-state index in [1.54, 1.807) is 36.4 Å². The van der Waals surface area contributed by atoms with Crippen LogP contribution in [0.25, 0.3) is 0 Å². The molecule has 110 valence electrons. The van der Waals surface area contributed by atoms with Gasteiger partial charge in [0.2, 0.25) is 0 Å². The van der Waals surface area contributed by atoms with Gasteiger partial charge in [0.15, 0.2) is 6.10 Å². The van der Waals surface area contributed by atoms with Crippen molar-refractivity contribution in [3.05, 3.63) is 59.9 Å². The molecule has 0 saturated heterocycles. The third kappa shape index (κ3) is 3.67. The molecule has 0 aliphatic heterocycles. The van der Waals surface area contributed by atoms with Crippen molar-refractivity contribution in [3.63, 3.8) is 0 Å². The third-order valence-electron chi connectivity index (χ3n) is 2.86. The van der Waals surface area contributed by atoms with E-state index in [0.29, 0.717) is 11.3 Å². The Balaban J connectivity index is 2.01. The van der Waals surface area contributed by atoms with E-state index in [1.165, 1.54) is 19.3 Å². The minimum atomic E-state index is -1.00. The Bertz CT molecular complexity index is 723. The molecule has 2 rings (SSSR count). The lowest BCUT2D eigenvalue weighted by Crippen LogP contribution is -2.30. The maximum absolute atomic E-state index is 12.0. The highest BCUT2D eigenvalue weighted by Crippen LogP contribution is 2.14. The van der Waals surface area contributed by atoms with Crippen molar-refractivity contribution in [3.8, 4) is 6.07 Å². The summed E-state index contributed by atoms with van der Waals surface area (Å²) in [6.07, 6.45) is 1.89. The fourth-order valence-corrected chi connectivity index (χ4v) is 1.69. The number of benzene rings is 1. The third-order valence-corrected chi connectivity index (χ3v) is 2.86. The number of rotatable bonds is 4. The second-order valence-corrected chi connectivity index (χ2v) is 4.44. The topological polar surface area (TPSA) is 92.1 Å². The van der Waals surface area contributed by atoms with Crippen molar-refractivity contribution in [2.45, 2.75) is 13.0 Å². The highest BCUT2D eigenvalue weighted by molar-refractivity contribution is 5.97. The summed E-state index contributed by atoms with van der Waals surface area (Å²) in [5.74, 6) is -1.15. The molecule has 6 heteroatoms. The van der Waals surface area contributed by atoms with Crippen LogP contribution < -0.4 is 5.32 Å². The van der Waals surface area contributed by atoms with Gasteiger partial charge in [0.05, 0.1) is 16.8 Å². The molecular formula is C16H13N3O3. The van der Waals surface area contributed by atoms with E-state index in [4.69, 9.17) is 10.00 Å². The average molecular weight is 295 g/mol. The highest BCUT2D eigenvalue weighted by atomic mass is 16.5. The second-order valence-electron chi connectivity index (χ2n) is 4.44. The van der Waals surface area contributed by atoms with Gasteiger partial charge in [0, 0.05) is 12.4 Å². The molecule has 22 heavy (non-hydrogen) atoms. The first-order valence-corrected chi connectivity index (χ1v) is 6.53. The minimum Gasteiger partial charge on any atom is -0.449 e. The summed E-state index contributed by atoms with van der Waals surface area (Å²) >= 11 is 0. The predicted molar refractivity (Wildman–Crippen MR) is 78.9 cm³/mol. The van der Waals surface area contributed by atoms with Crippen LogP contribution in [-0.4, -0.2) is 23.0 Å². The number of nitrogens with one attached hydrogen (secondary N) is 1. The molecule has 1 heterocycles. The van der Waals surface area contributed by atoms with Gasteiger partial charge in [-0.3, -0.25) is 9.78 Å². The number of anilines is 1. The van der Waals surface area contributed by atoms with Crippen molar-refractivity contribution in [1.29, 1.82) is 5.26 Å². The SMILES string of the molecule is C[C@H](OC(=O)c1cccnc1)C(=O)Nc1ccccc1C#N. The molecule has 0 unspecified atom stereocenters. The molecule has 0 bridgehead atoms. The van der Waals surface area contributed by atoms with Gasteiger partial charge in [-0.15, -0.1) is 0 Å². The van der Waals surface area contributed by atoms with Crippen LogP contribution >= 0.6 is 0 Å². The molecule has 2 aromatic rings. The molecule has 0 saturated carbocycles. The number of nitriles is 1. The van der Waals surface area contributed by atoms with Crippen LogP contribution in [0.5, 0.6) is 0 Å². The zero-order chi connectivity index (χ0) is 15.9. The lowest BCUT2D eigenvalue weighted by molar-refractivity contribution is -0.123. The number of hydrogen-bond acceptors (Lipinski definition) is 5. The molecule has 1 N–H and O–H groups in total. The highest BCUT2D eigenvalue weighted by Gasteiger charge is 2.19. The maximum atomic E-state index is 12.0. The Kier molecular flexibility index (Phi) is 4.83. The van der Waals surface area contributed by atoms with Crippen LogP contribution in [-0.2, 0) is 9.53 Å². The van der Waals surface area contributed by atoms with E-state index in [9.17, 15) is 9.59 Å². The number of carbonyl (C=O) groups is 2. The summed E-state index contributed by atoms with van der Waals surface area (Å²) in [5, 5.41) is 11.5. The summed E-state index contributed by atoms with van der Waals surface area (Å²) in [4.78, 5) is 27.7. The smallest absolute Gasteiger partial charge is 0.340 e. The standard InChI is InChI=1S/C16H13N3O3/c1-11(22-16(21)13-6-4-8-18-10-13)15(20)19-14-7-3-2-5-12(14)9-17/h2-8,10-11H,1H3,(H,19,20)/t11-/m0/s1. The number of ether oxygens (including phenoxy) is 1. The van der Waals surface area contributed by atoms with Crippen LogP contribution in [0.1, 0.15) is 22.8 Å². The Labute approximate surface area is 127 Å². The second kappa shape index (κ2) is 6.99. The fourth-order valence-electron chi connectivity index (χ4n) is 1.69. The molecule has 0 fully saturated rings. The summed E-state index contributed by atoms with van der Waals surface area (Å²) in [6, 6.07) is 11.7. The van der Waals surface area contributed by atoms with E-state index in [2.05, 4.69) is 10.3 Å². The summed E-state index contributed by atoms with van der Waals surface area (Å²) in [5.41, 5.74) is 0.973. The maximum Gasteiger partial charge on any atom is 0.340 e. The van der Waals surface area contributed by atoms with Gasteiger partial charge >= 0.3 is 5.97 Å². The van der Waals surface area contributed by atoms with Crippen molar-refractivity contribution in [1.82, 2.24) is 4.98 Å². The van der Waals surface area contributed by atoms with E-state index in [0.717, 1.165) is 0 Å². The average Bonchev–Trinajstić information content (AvgIpc) is 2.56. The zero-order valence-electron chi connectivity index (χ0n) is 11.8. The molecule has 1 aromatic heterocycles. The Morgan fingerprint density at radius 1 is 1.27 bits per heavy atom. The molecule has 1 amide bonds. The Hall–Kier alpha value is -3.20. The zero-order valence-corrected chi connectivity index (χ0v) is 11.8. The van der Waals surface area contributed by atoms with Crippen molar-refractivity contribution < 1.29 is 14.3 Å². The number of esters is 1. The van der Waals surface area contributed by atoms with Gasteiger partial charge < -0.3 is 10.1 Å². The first-order chi connectivity index (χ1) is 10.6. The first-order valence-electron chi connectivity index (χ1n) is 6.53. The normalized spacial score (nSPS) is 11.1. The fraction of sp³-hybridized carbons (Fsp3) is 0.125. The lowest BCUT2D eigenvalue weighted by atomic mass is 10.2. The molecular weight excluding hydrogens is 282 g/mol. The molecule has 0 aliphatic carbocycles. The Morgan fingerprint density at radius 3 is 2.73 bits per heavy atom. The molecule has 0 aliphatic rings. The van der Waals surface area contributed by atoms with Crippen LogP contribution in [0.2, 0.25) is 0 Å². The van der Waals surface area contributed by atoms with Gasteiger partial charge in [-0.2, -0.15) is 5.26 Å². The van der Waals surface area contributed by atoms with Crippen molar-refractivity contribution in [2.24, 2.45) is 0 Å². The molecule has 0 spiro atoms. The Morgan fingerprint density at radius 2 is 2.05 bits per heavy atom. The number of amides is 1. The minimum absolute atomic E-state index is 0.263. The summed E-state index contributed by atoms with van der Waals surface area (Å²) in [7, 11) is 0. The number of carbonyl (C=O) groups excluding carboxylic acids is 2. The molecule has 1 atom stereocenters. The van der Waals surface area contributed by atoms with Gasteiger partial charge in [0.25, 0.3) is 5.91 Å². The quantitative estimate of drug-likeness (QED) is 0.872. The molecule has 6 nitrogen and oxygen atoms in total. The van der Waals surface area contributed by atoms with Gasteiger partial charge in [0.1, 0.15) is 6.07 Å². The largest absolute Gasteiger partial charge is 0.449 e. The summed E-state index contributed by atoms with van der Waals surface area (Å²) in [6.45, 7) is 1.46. The number of hydrogen-bond donors (Lipinski definition) is 1. The number of pyridine rings is 1. The van der Waals surface area contributed by atoms with E-state index >= 15 is 0 Å². The monoisotopic (exact) mass is 295 g/mol. The van der Waals surface area contributed by atoms with Gasteiger partial charge in [-0.1, -0.05) is 12.1 Å². The number of para-hydroxylation sites is 1. The van der Waals surface area contributed by atoms with Crippen molar-refractivity contribution >= 4 is 17.6 Å². The molecule has 1 aromatic carbocycles. The molecule has 0 radical (unpaired) electrons. The lowest BCUT2D eigenvalue weighted by Gasteiger charge is -2.14. The van der Waals surface area contributed by atoms with Crippen LogP contribution in [0.3, 0.4) is 0 Å². The van der Waals surface area contributed by atoms with E-state index in [-0.39, 0.29) is 5.56 Å². The summed E-state index contributed by atoms with van der Waals surface area (Å²) < 4.78 is 5.07. The van der Waals surface area contributed by atoms with E-state index in [1.807, 2.05) is 6.07 Å². The number of aromatic nitrogens is 1. The number of nitrogens with zero attached hydrogens (tertiary/aromatic N) is 2. The first kappa shape index (κ1) is 15.2. The van der Waals surface area contributed by atoms with Gasteiger partial charge in [-0.25, -0.2) is 4.79 Å². The van der Waals surface area contributed by atoms with Crippen LogP contribution in [0.4, 0.5) is 5.69 Å². The van der Waals surface area contributed by atoms with Crippen LogP contribution in [0, 0.1) is 11.3 Å². The van der Waals surface area contributed by atoms with E-state index < -0.39 is 18.0 Å². The van der Waals surface area contributed by atoms with Crippen molar-refractivity contribution in [2.75, 3.05) is 5.32 Å². The van der Waals surface area contributed by atoms with Gasteiger partial charge in [-0.05, 0) is 31.2 Å².